The molecular weight excluding hydrogens is 495 g/mol. The summed E-state index contributed by atoms with van der Waals surface area (Å²) >= 11 is 3.28. The molecular formula is C24H18BrFN2O5. The normalized spacial score (nSPS) is 10.9. The molecule has 0 aliphatic carbocycles. The van der Waals surface area contributed by atoms with Crippen molar-refractivity contribution in [3.8, 4) is 5.75 Å². The van der Waals surface area contributed by atoms with E-state index in [0.29, 0.717) is 4.47 Å². The van der Waals surface area contributed by atoms with Crippen molar-refractivity contribution in [1.29, 1.82) is 0 Å². The fourth-order valence-electron chi connectivity index (χ4n) is 2.87. The molecule has 0 saturated heterocycles. The van der Waals surface area contributed by atoms with Gasteiger partial charge in [0.25, 0.3) is 11.8 Å². The van der Waals surface area contributed by atoms with Gasteiger partial charge in [0.05, 0.1) is 23.9 Å². The molecule has 33 heavy (non-hydrogen) atoms. The number of ether oxygens (including phenoxy) is 1. The summed E-state index contributed by atoms with van der Waals surface area (Å²) in [5.74, 6) is -3.00. The van der Waals surface area contributed by atoms with Crippen LogP contribution in [0.1, 0.15) is 26.3 Å². The lowest BCUT2D eigenvalue weighted by atomic mass is 10.1. The Morgan fingerprint density at radius 2 is 1.73 bits per heavy atom. The van der Waals surface area contributed by atoms with Crippen molar-refractivity contribution in [1.82, 2.24) is 5.32 Å². The Kier molecular flexibility index (Phi) is 7.57. The van der Waals surface area contributed by atoms with E-state index in [1.807, 2.05) is 0 Å². The minimum Gasteiger partial charge on any atom is -0.495 e. The first-order valence-corrected chi connectivity index (χ1v) is 10.3. The highest BCUT2D eigenvalue weighted by Gasteiger charge is 2.19. The van der Waals surface area contributed by atoms with Crippen LogP contribution >= 0.6 is 15.9 Å². The minimum atomic E-state index is -1.20. The Labute approximate surface area is 197 Å². The van der Waals surface area contributed by atoms with E-state index in [9.17, 15) is 23.9 Å². The number of carboxylic acids is 1. The Morgan fingerprint density at radius 3 is 2.39 bits per heavy atom. The third-order valence-corrected chi connectivity index (χ3v) is 5.20. The summed E-state index contributed by atoms with van der Waals surface area (Å²) in [6, 6.07) is 16.3. The van der Waals surface area contributed by atoms with E-state index in [1.165, 1.54) is 49.6 Å². The summed E-state index contributed by atoms with van der Waals surface area (Å²) in [7, 11) is 1.36. The molecule has 3 N–H and O–H groups in total. The van der Waals surface area contributed by atoms with Crippen molar-refractivity contribution in [3.63, 3.8) is 0 Å². The Morgan fingerprint density at radius 1 is 1.03 bits per heavy atom. The third kappa shape index (κ3) is 5.83. The lowest BCUT2D eigenvalue weighted by molar-refractivity contribution is -0.113. The zero-order valence-corrected chi connectivity index (χ0v) is 18.9. The molecule has 9 heteroatoms. The molecule has 2 amide bonds. The Hall–Kier alpha value is -3.98. The summed E-state index contributed by atoms with van der Waals surface area (Å²) < 4.78 is 19.9. The van der Waals surface area contributed by atoms with E-state index < -0.39 is 23.6 Å². The summed E-state index contributed by atoms with van der Waals surface area (Å²) in [6.07, 6.45) is 1.19. The van der Waals surface area contributed by atoms with E-state index in [4.69, 9.17) is 4.74 Å². The molecule has 3 aromatic carbocycles. The Balaban J connectivity index is 1.99. The van der Waals surface area contributed by atoms with E-state index in [2.05, 4.69) is 26.6 Å². The van der Waals surface area contributed by atoms with E-state index >= 15 is 0 Å². The van der Waals surface area contributed by atoms with Crippen LogP contribution in [-0.4, -0.2) is 30.0 Å². The minimum absolute atomic E-state index is 0.0666. The largest absolute Gasteiger partial charge is 0.495 e. The fraction of sp³-hybridized carbons (Fsp3) is 0.0417. The van der Waals surface area contributed by atoms with Gasteiger partial charge < -0.3 is 20.5 Å². The van der Waals surface area contributed by atoms with Crippen LogP contribution in [0, 0.1) is 5.82 Å². The van der Waals surface area contributed by atoms with Crippen LogP contribution in [0.25, 0.3) is 6.08 Å². The van der Waals surface area contributed by atoms with Gasteiger partial charge in [-0.15, -0.1) is 0 Å². The number of carboxylic acid groups (broad SMARTS) is 1. The summed E-state index contributed by atoms with van der Waals surface area (Å²) in [4.78, 5) is 37.2. The van der Waals surface area contributed by atoms with Crippen LogP contribution < -0.4 is 15.4 Å². The molecule has 3 aromatic rings. The molecule has 0 unspecified atom stereocenters. The number of amides is 2. The number of anilines is 1. The number of nitrogens with one attached hydrogen (secondary N) is 2. The molecule has 0 aliphatic heterocycles. The standard InChI is InChI=1S/C24H18BrFN2O5/c1-33-21-11-10-15(24(31)32)13-19(21)27-23(30)20(12-14-6-2-5-9-18(14)26)28-22(29)16-7-3-4-8-17(16)25/h2-13H,1H3,(H,27,30)(H,28,29)(H,31,32)/b20-12-. The maximum atomic E-state index is 14.2. The number of methoxy groups -OCH3 is 1. The lowest BCUT2D eigenvalue weighted by Gasteiger charge is -2.14. The second-order valence-electron chi connectivity index (χ2n) is 6.69. The van der Waals surface area contributed by atoms with Crippen LogP contribution in [0.15, 0.2) is 76.9 Å². The Bertz CT molecular complexity index is 1260. The number of benzene rings is 3. The number of hydrogen-bond donors (Lipinski definition) is 3. The fourth-order valence-corrected chi connectivity index (χ4v) is 3.33. The summed E-state index contributed by atoms with van der Waals surface area (Å²) in [5, 5.41) is 14.3. The van der Waals surface area contributed by atoms with Gasteiger partial charge in [0, 0.05) is 10.0 Å². The third-order valence-electron chi connectivity index (χ3n) is 4.51. The monoisotopic (exact) mass is 512 g/mol. The van der Waals surface area contributed by atoms with Gasteiger partial charge in [-0.05, 0) is 58.4 Å². The van der Waals surface area contributed by atoms with Gasteiger partial charge in [0.1, 0.15) is 17.3 Å². The van der Waals surface area contributed by atoms with E-state index in [0.717, 1.165) is 0 Å². The molecule has 0 radical (unpaired) electrons. The van der Waals surface area contributed by atoms with Gasteiger partial charge in [-0.3, -0.25) is 9.59 Å². The van der Waals surface area contributed by atoms with E-state index in [1.54, 1.807) is 30.3 Å². The zero-order chi connectivity index (χ0) is 24.0. The second kappa shape index (κ2) is 10.6. The average Bonchev–Trinajstić information content (AvgIpc) is 2.80. The van der Waals surface area contributed by atoms with Gasteiger partial charge in [-0.25, -0.2) is 9.18 Å². The molecule has 0 saturated carbocycles. The second-order valence-corrected chi connectivity index (χ2v) is 7.54. The van der Waals surface area contributed by atoms with Crippen LogP contribution in [0.2, 0.25) is 0 Å². The van der Waals surface area contributed by atoms with Crippen molar-refractivity contribution in [2.45, 2.75) is 0 Å². The molecule has 7 nitrogen and oxygen atoms in total. The maximum absolute atomic E-state index is 14.2. The zero-order valence-electron chi connectivity index (χ0n) is 17.3. The van der Waals surface area contributed by atoms with Crippen molar-refractivity contribution in [2.24, 2.45) is 0 Å². The SMILES string of the molecule is COc1ccc(C(=O)O)cc1NC(=O)/C(=C/c1ccccc1F)NC(=O)c1ccccc1Br. The van der Waals surface area contributed by atoms with Crippen LogP contribution in [0.4, 0.5) is 10.1 Å². The number of aromatic carboxylic acids is 1. The number of rotatable bonds is 7. The van der Waals surface area contributed by atoms with Crippen molar-refractivity contribution < 1.29 is 28.6 Å². The van der Waals surface area contributed by atoms with E-state index in [-0.39, 0.29) is 33.8 Å². The average molecular weight is 513 g/mol. The molecule has 0 aromatic heterocycles. The highest BCUT2D eigenvalue weighted by atomic mass is 79.9. The highest BCUT2D eigenvalue weighted by molar-refractivity contribution is 9.10. The highest BCUT2D eigenvalue weighted by Crippen LogP contribution is 2.26. The maximum Gasteiger partial charge on any atom is 0.335 e. The molecule has 0 spiro atoms. The smallest absolute Gasteiger partial charge is 0.335 e. The van der Waals surface area contributed by atoms with Crippen LogP contribution in [0.3, 0.4) is 0 Å². The lowest BCUT2D eigenvalue weighted by Crippen LogP contribution is -2.31. The van der Waals surface area contributed by atoms with Crippen LogP contribution in [0.5, 0.6) is 5.75 Å². The van der Waals surface area contributed by atoms with Gasteiger partial charge in [-0.1, -0.05) is 30.3 Å². The number of carbonyl (C=O) groups is 3. The van der Waals surface area contributed by atoms with Gasteiger partial charge in [0.15, 0.2) is 0 Å². The number of hydrogen-bond acceptors (Lipinski definition) is 4. The summed E-state index contributed by atoms with van der Waals surface area (Å²) in [6.45, 7) is 0. The van der Waals surface area contributed by atoms with Gasteiger partial charge in [-0.2, -0.15) is 0 Å². The van der Waals surface area contributed by atoms with Crippen LogP contribution in [-0.2, 0) is 4.79 Å². The molecule has 168 valence electrons. The molecule has 0 atom stereocenters. The molecule has 0 aliphatic rings. The topological polar surface area (TPSA) is 105 Å². The first kappa shape index (κ1) is 23.7. The molecule has 0 heterocycles. The molecule has 0 bridgehead atoms. The van der Waals surface area contributed by atoms with Crippen molar-refractivity contribution >= 4 is 45.5 Å². The quantitative estimate of drug-likeness (QED) is 0.398. The number of carbonyl (C=O) groups excluding carboxylic acids is 2. The predicted molar refractivity (Wildman–Crippen MR) is 125 cm³/mol. The van der Waals surface area contributed by atoms with Crippen molar-refractivity contribution in [3.05, 3.63) is 99.4 Å². The van der Waals surface area contributed by atoms with Crippen molar-refractivity contribution in [2.75, 3.05) is 12.4 Å². The number of halogens is 2. The first-order valence-electron chi connectivity index (χ1n) is 9.55. The van der Waals surface area contributed by atoms with Gasteiger partial charge >= 0.3 is 5.97 Å². The summed E-state index contributed by atoms with van der Waals surface area (Å²) in [5.41, 5.74) is 0.0557. The van der Waals surface area contributed by atoms with Gasteiger partial charge in [0.2, 0.25) is 0 Å². The predicted octanol–water partition coefficient (Wildman–Crippen LogP) is 4.70. The molecule has 3 rings (SSSR count). The first-order chi connectivity index (χ1) is 15.8. The molecule has 0 fully saturated rings.